The number of carbonyl (C=O) groups is 2. The molecular formula is C15H14O4. The highest BCUT2D eigenvalue weighted by Crippen LogP contribution is 2.27. The Morgan fingerprint density at radius 3 is 2.16 bits per heavy atom. The lowest BCUT2D eigenvalue weighted by Crippen LogP contribution is -2.06. The van der Waals surface area contributed by atoms with Gasteiger partial charge >= 0.3 is 11.9 Å². The zero-order valence-electron chi connectivity index (χ0n) is 10.5. The maximum Gasteiger partial charge on any atom is 0.307 e. The Labute approximate surface area is 110 Å². The summed E-state index contributed by atoms with van der Waals surface area (Å²) in [6.07, 6.45) is -0.117. The first-order valence-electron chi connectivity index (χ1n) is 5.92. The van der Waals surface area contributed by atoms with Gasteiger partial charge < -0.3 is 10.2 Å². The van der Waals surface area contributed by atoms with Gasteiger partial charge in [0, 0.05) is 0 Å². The summed E-state index contributed by atoms with van der Waals surface area (Å²) in [4.78, 5) is 21.8. The molecule has 2 N–H and O–H groups in total. The van der Waals surface area contributed by atoms with E-state index in [9.17, 15) is 9.59 Å². The number of benzene rings is 2. The molecule has 2 rings (SSSR count). The van der Waals surface area contributed by atoms with Crippen LogP contribution in [0.3, 0.4) is 0 Å². The summed E-state index contributed by atoms with van der Waals surface area (Å²) < 4.78 is 0. The summed E-state index contributed by atoms with van der Waals surface area (Å²) in [7, 11) is 0. The number of carboxylic acids is 2. The highest BCUT2D eigenvalue weighted by Gasteiger charge is 2.13. The summed E-state index contributed by atoms with van der Waals surface area (Å²) >= 11 is 0. The number of carboxylic acid groups (broad SMARTS) is 2. The predicted molar refractivity (Wildman–Crippen MR) is 71.4 cm³/mol. The van der Waals surface area contributed by atoms with Crippen LogP contribution in [0.4, 0.5) is 0 Å². The van der Waals surface area contributed by atoms with Crippen molar-refractivity contribution in [2.75, 3.05) is 0 Å². The largest absolute Gasteiger partial charge is 0.481 e. The quantitative estimate of drug-likeness (QED) is 0.883. The Morgan fingerprint density at radius 1 is 1.00 bits per heavy atom. The van der Waals surface area contributed by atoms with Gasteiger partial charge in [-0.2, -0.15) is 0 Å². The van der Waals surface area contributed by atoms with Crippen molar-refractivity contribution in [2.24, 2.45) is 0 Å². The van der Waals surface area contributed by atoms with Crippen LogP contribution in [-0.4, -0.2) is 22.2 Å². The summed E-state index contributed by atoms with van der Waals surface area (Å²) in [5, 5.41) is 19.5. The third-order valence-corrected chi connectivity index (χ3v) is 3.13. The minimum absolute atomic E-state index is 0.0559. The van der Waals surface area contributed by atoms with E-state index in [1.54, 1.807) is 6.07 Å². The number of hydrogen-bond donors (Lipinski definition) is 2. The second-order valence-corrected chi connectivity index (χ2v) is 4.52. The summed E-state index contributed by atoms with van der Waals surface area (Å²) in [6.45, 7) is 1.82. The van der Waals surface area contributed by atoms with Crippen molar-refractivity contribution in [3.63, 3.8) is 0 Å². The first-order chi connectivity index (χ1) is 8.99. The second-order valence-electron chi connectivity index (χ2n) is 4.52. The zero-order chi connectivity index (χ0) is 14.0. The van der Waals surface area contributed by atoms with Gasteiger partial charge in [-0.15, -0.1) is 0 Å². The van der Waals surface area contributed by atoms with Gasteiger partial charge in [0.1, 0.15) is 0 Å². The normalized spacial score (nSPS) is 10.6. The fraction of sp³-hybridized carbons (Fsp3) is 0.200. The summed E-state index contributed by atoms with van der Waals surface area (Å²) in [5.74, 6) is -1.78. The van der Waals surface area contributed by atoms with Crippen molar-refractivity contribution >= 4 is 22.7 Å². The van der Waals surface area contributed by atoms with Crippen molar-refractivity contribution in [3.05, 3.63) is 47.0 Å². The minimum Gasteiger partial charge on any atom is -0.481 e. The van der Waals surface area contributed by atoms with Crippen LogP contribution in [0.2, 0.25) is 0 Å². The molecule has 4 nitrogen and oxygen atoms in total. The molecule has 98 valence electrons. The van der Waals surface area contributed by atoms with E-state index < -0.39 is 11.9 Å². The molecular weight excluding hydrogens is 244 g/mol. The van der Waals surface area contributed by atoms with E-state index in [0.29, 0.717) is 0 Å². The molecule has 0 heterocycles. The van der Waals surface area contributed by atoms with E-state index in [1.807, 2.05) is 31.2 Å². The number of aryl methyl sites for hydroxylation is 1. The zero-order valence-corrected chi connectivity index (χ0v) is 10.5. The van der Waals surface area contributed by atoms with Crippen LogP contribution in [-0.2, 0) is 22.4 Å². The molecule has 0 aromatic heterocycles. The molecule has 0 fully saturated rings. The van der Waals surface area contributed by atoms with Crippen LogP contribution >= 0.6 is 0 Å². The molecule has 0 bridgehead atoms. The fourth-order valence-electron chi connectivity index (χ4n) is 2.36. The average molecular weight is 258 g/mol. The van der Waals surface area contributed by atoms with Crippen molar-refractivity contribution < 1.29 is 19.8 Å². The van der Waals surface area contributed by atoms with Crippen LogP contribution in [0.1, 0.15) is 16.7 Å². The molecule has 0 aliphatic rings. The van der Waals surface area contributed by atoms with Gasteiger partial charge in [-0.05, 0) is 34.4 Å². The van der Waals surface area contributed by atoms with Crippen molar-refractivity contribution in [3.8, 4) is 0 Å². The molecule has 19 heavy (non-hydrogen) atoms. The average Bonchev–Trinajstić information content (AvgIpc) is 2.33. The molecule has 0 atom stereocenters. The maximum atomic E-state index is 10.9. The summed E-state index contributed by atoms with van der Waals surface area (Å²) in [6, 6.07) is 9.10. The van der Waals surface area contributed by atoms with Gasteiger partial charge in [0.05, 0.1) is 12.8 Å². The molecule has 2 aromatic rings. The van der Waals surface area contributed by atoms with Gasteiger partial charge in [0.25, 0.3) is 0 Å². The molecule has 0 unspecified atom stereocenters. The van der Waals surface area contributed by atoms with Crippen molar-refractivity contribution in [1.82, 2.24) is 0 Å². The SMILES string of the molecule is Cc1cc(CC(=O)O)c2ccccc2c1CC(=O)O. The van der Waals surface area contributed by atoms with Crippen LogP contribution in [0.25, 0.3) is 10.8 Å². The highest BCUT2D eigenvalue weighted by atomic mass is 16.4. The van der Waals surface area contributed by atoms with E-state index in [0.717, 1.165) is 27.5 Å². The lowest BCUT2D eigenvalue weighted by atomic mass is 9.92. The number of hydrogen-bond acceptors (Lipinski definition) is 2. The van der Waals surface area contributed by atoms with E-state index in [-0.39, 0.29) is 12.8 Å². The molecule has 0 aliphatic heterocycles. The van der Waals surface area contributed by atoms with E-state index in [4.69, 9.17) is 10.2 Å². The standard InChI is InChI=1S/C15H14O4/c1-9-6-10(7-14(16)17)11-4-2-3-5-12(11)13(9)8-15(18)19/h2-6H,7-8H2,1H3,(H,16,17)(H,18,19). The van der Waals surface area contributed by atoms with E-state index >= 15 is 0 Å². The Balaban J connectivity index is 2.69. The third-order valence-electron chi connectivity index (χ3n) is 3.13. The lowest BCUT2D eigenvalue weighted by Gasteiger charge is -2.12. The van der Waals surface area contributed by atoms with Crippen LogP contribution in [0.5, 0.6) is 0 Å². The van der Waals surface area contributed by atoms with Crippen LogP contribution < -0.4 is 0 Å². The van der Waals surface area contributed by atoms with Gasteiger partial charge in [0.2, 0.25) is 0 Å². The first-order valence-corrected chi connectivity index (χ1v) is 5.92. The van der Waals surface area contributed by atoms with Crippen LogP contribution in [0, 0.1) is 6.92 Å². The Morgan fingerprint density at radius 2 is 1.58 bits per heavy atom. The van der Waals surface area contributed by atoms with Gasteiger partial charge in [-0.1, -0.05) is 30.3 Å². The smallest absolute Gasteiger partial charge is 0.307 e. The number of rotatable bonds is 4. The van der Waals surface area contributed by atoms with E-state index in [1.165, 1.54) is 0 Å². The topological polar surface area (TPSA) is 74.6 Å². The molecule has 0 spiro atoms. The Hall–Kier alpha value is -2.36. The molecule has 0 radical (unpaired) electrons. The molecule has 0 amide bonds. The molecule has 2 aromatic carbocycles. The monoisotopic (exact) mass is 258 g/mol. The Kier molecular flexibility index (Phi) is 3.51. The predicted octanol–water partition coefficient (Wildman–Crippen LogP) is 2.40. The van der Waals surface area contributed by atoms with Crippen molar-refractivity contribution in [1.29, 1.82) is 0 Å². The van der Waals surface area contributed by atoms with Crippen molar-refractivity contribution in [2.45, 2.75) is 19.8 Å². The summed E-state index contributed by atoms with van der Waals surface area (Å²) in [5.41, 5.74) is 2.28. The van der Waals surface area contributed by atoms with Gasteiger partial charge in [-0.3, -0.25) is 9.59 Å². The molecule has 0 saturated carbocycles. The van der Waals surface area contributed by atoms with Gasteiger partial charge in [0.15, 0.2) is 0 Å². The molecule has 4 heteroatoms. The van der Waals surface area contributed by atoms with Crippen LogP contribution in [0.15, 0.2) is 30.3 Å². The van der Waals surface area contributed by atoms with Gasteiger partial charge in [-0.25, -0.2) is 0 Å². The second kappa shape index (κ2) is 5.10. The maximum absolute atomic E-state index is 10.9. The lowest BCUT2D eigenvalue weighted by molar-refractivity contribution is -0.137. The molecule has 0 saturated heterocycles. The minimum atomic E-state index is -0.893. The number of fused-ring (bicyclic) bond motifs is 1. The first kappa shape index (κ1) is 13.1. The molecule has 0 aliphatic carbocycles. The fourth-order valence-corrected chi connectivity index (χ4v) is 2.36. The highest BCUT2D eigenvalue weighted by molar-refractivity contribution is 5.94. The number of aliphatic carboxylic acids is 2. The third kappa shape index (κ3) is 2.73. The van der Waals surface area contributed by atoms with E-state index in [2.05, 4.69) is 0 Å². The Bertz CT molecular complexity index is 658.